The van der Waals surface area contributed by atoms with E-state index in [0.717, 1.165) is 30.7 Å². The number of alkyl halides is 3. The summed E-state index contributed by atoms with van der Waals surface area (Å²) >= 11 is 0. The third-order valence-electron chi connectivity index (χ3n) is 4.42. The van der Waals surface area contributed by atoms with Crippen molar-refractivity contribution < 1.29 is 17.7 Å². The molecule has 0 bridgehead atoms. The highest BCUT2D eigenvalue weighted by molar-refractivity contribution is 5.79. The molecule has 0 amide bonds. The van der Waals surface area contributed by atoms with E-state index >= 15 is 0 Å². The Kier molecular flexibility index (Phi) is 8.13. The molecule has 0 saturated heterocycles. The smallest absolute Gasteiger partial charge is 0.359 e. The van der Waals surface area contributed by atoms with Gasteiger partial charge in [-0.3, -0.25) is 4.99 Å². The molecule has 156 valence electrons. The highest BCUT2D eigenvalue weighted by Gasteiger charge is 2.29. The van der Waals surface area contributed by atoms with Crippen LogP contribution in [0.5, 0.6) is 0 Å². The number of hydrogen-bond acceptors (Lipinski definition) is 3. The van der Waals surface area contributed by atoms with Gasteiger partial charge in [-0.1, -0.05) is 30.8 Å². The molecule has 29 heavy (non-hydrogen) atoms. The number of benzene rings is 1. The quantitative estimate of drug-likeness (QED) is 0.426. The van der Waals surface area contributed by atoms with Crippen LogP contribution in [0.25, 0.3) is 0 Å². The van der Waals surface area contributed by atoms with Crippen LogP contribution >= 0.6 is 0 Å². The predicted molar refractivity (Wildman–Crippen MR) is 106 cm³/mol. The number of rotatable bonds is 6. The molecule has 0 radical (unpaired) electrons. The fourth-order valence-corrected chi connectivity index (χ4v) is 2.72. The number of nitrogens with zero attached hydrogens (tertiary/aromatic N) is 2. The summed E-state index contributed by atoms with van der Waals surface area (Å²) in [5, 5.41) is 10.3. The minimum absolute atomic E-state index is 0.288. The average Bonchev–Trinajstić information content (AvgIpc) is 3.17. The number of guanidine groups is 1. The van der Waals surface area contributed by atoms with Gasteiger partial charge in [-0.15, -0.1) is 0 Å². The van der Waals surface area contributed by atoms with Gasteiger partial charge in [0.2, 0.25) is 0 Å². The molecular formula is C21H25F3N4O. The molecule has 0 atom stereocenters. The summed E-state index contributed by atoms with van der Waals surface area (Å²) in [5.41, 5.74) is 0.779. The summed E-state index contributed by atoms with van der Waals surface area (Å²) in [7, 11) is 1.63. The van der Waals surface area contributed by atoms with Gasteiger partial charge in [0.05, 0.1) is 24.3 Å². The predicted octanol–water partition coefficient (Wildman–Crippen LogP) is 4.31. The van der Waals surface area contributed by atoms with Gasteiger partial charge in [0.15, 0.2) is 11.7 Å². The Morgan fingerprint density at radius 3 is 2.45 bits per heavy atom. The molecule has 2 rings (SSSR count). The van der Waals surface area contributed by atoms with E-state index in [1.165, 1.54) is 12.1 Å². The third kappa shape index (κ3) is 6.86. The van der Waals surface area contributed by atoms with Gasteiger partial charge >= 0.3 is 6.18 Å². The lowest BCUT2D eigenvalue weighted by Crippen LogP contribution is -2.36. The van der Waals surface area contributed by atoms with E-state index in [1.807, 2.05) is 6.07 Å². The summed E-state index contributed by atoms with van der Waals surface area (Å²) in [6.07, 6.45) is -2.32. The zero-order valence-corrected chi connectivity index (χ0v) is 16.7. The molecule has 0 aliphatic rings. The fourth-order valence-electron chi connectivity index (χ4n) is 2.72. The molecule has 1 heterocycles. The van der Waals surface area contributed by atoms with Gasteiger partial charge in [0.1, 0.15) is 0 Å². The largest absolute Gasteiger partial charge is 0.416 e. The van der Waals surface area contributed by atoms with Crippen molar-refractivity contribution in [2.45, 2.75) is 45.3 Å². The average molecular weight is 406 g/mol. The van der Waals surface area contributed by atoms with Crippen LogP contribution in [0.1, 0.15) is 55.2 Å². The first-order valence-corrected chi connectivity index (χ1v) is 9.43. The van der Waals surface area contributed by atoms with Crippen molar-refractivity contribution in [1.82, 2.24) is 15.8 Å². The Hall–Kier alpha value is -2.95. The monoisotopic (exact) mass is 406 g/mol. The molecule has 0 unspecified atom stereocenters. The first-order chi connectivity index (χ1) is 13.9. The van der Waals surface area contributed by atoms with Crippen molar-refractivity contribution in [2.24, 2.45) is 4.99 Å². The van der Waals surface area contributed by atoms with Crippen LogP contribution in [0.4, 0.5) is 13.2 Å². The van der Waals surface area contributed by atoms with E-state index < -0.39 is 11.7 Å². The van der Waals surface area contributed by atoms with Crippen molar-refractivity contribution >= 4 is 5.96 Å². The molecule has 8 heteroatoms. The van der Waals surface area contributed by atoms with Crippen molar-refractivity contribution in [3.8, 4) is 11.8 Å². The molecule has 1 aromatic heterocycles. The SMILES string of the molecule is CCC(CC)c1cc(CNC(=NC)NCC#Cc2ccc(C(F)(F)F)cc2)on1. The Balaban J connectivity index is 1.82. The Morgan fingerprint density at radius 1 is 1.17 bits per heavy atom. The highest BCUT2D eigenvalue weighted by atomic mass is 19.4. The lowest BCUT2D eigenvalue weighted by Gasteiger charge is -2.08. The molecule has 0 fully saturated rings. The van der Waals surface area contributed by atoms with Gasteiger partial charge in [0, 0.05) is 24.6 Å². The normalized spacial score (nSPS) is 11.9. The van der Waals surface area contributed by atoms with E-state index in [1.54, 1.807) is 7.05 Å². The van der Waals surface area contributed by atoms with Crippen molar-refractivity contribution in [1.29, 1.82) is 0 Å². The first kappa shape index (κ1) is 22.3. The number of aliphatic imine (C=N–C) groups is 1. The topological polar surface area (TPSA) is 62.5 Å². The van der Waals surface area contributed by atoms with E-state index in [-0.39, 0.29) is 6.54 Å². The molecule has 1 aromatic carbocycles. The number of aromatic nitrogens is 1. The minimum Gasteiger partial charge on any atom is -0.359 e. The standard InChI is InChI=1S/C21H25F3N4O/c1-4-16(5-2)19-13-18(29-28-19)14-27-20(25-3)26-12-6-7-15-8-10-17(11-9-15)21(22,23)24/h8-11,13,16H,4-5,12,14H2,1-3H3,(H2,25,26,27). The summed E-state index contributed by atoms with van der Waals surface area (Å²) in [6, 6.07) is 6.69. The summed E-state index contributed by atoms with van der Waals surface area (Å²) < 4.78 is 43.0. The van der Waals surface area contributed by atoms with Crippen LogP contribution in [-0.4, -0.2) is 24.7 Å². The van der Waals surface area contributed by atoms with Gasteiger partial charge in [-0.25, -0.2) is 0 Å². The summed E-state index contributed by atoms with van der Waals surface area (Å²) in [5.74, 6) is 7.31. The van der Waals surface area contributed by atoms with E-state index in [4.69, 9.17) is 4.52 Å². The maximum absolute atomic E-state index is 12.5. The highest BCUT2D eigenvalue weighted by Crippen LogP contribution is 2.28. The van der Waals surface area contributed by atoms with Crippen molar-refractivity contribution in [3.63, 3.8) is 0 Å². The fraction of sp³-hybridized carbons (Fsp3) is 0.429. The minimum atomic E-state index is -4.34. The van der Waals surface area contributed by atoms with Crippen LogP contribution in [0.2, 0.25) is 0 Å². The third-order valence-corrected chi connectivity index (χ3v) is 4.42. The Labute approximate surface area is 168 Å². The van der Waals surface area contributed by atoms with Crippen LogP contribution in [0.15, 0.2) is 39.8 Å². The second-order valence-electron chi connectivity index (χ2n) is 6.39. The van der Waals surface area contributed by atoms with Gasteiger partial charge in [0.25, 0.3) is 0 Å². The zero-order valence-electron chi connectivity index (χ0n) is 16.7. The molecule has 5 nitrogen and oxygen atoms in total. The lowest BCUT2D eigenvalue weighted by molar-refractivity contribution is -0.137. The second-order valence-corrected chi connectivity index (χ2v) is 6.39. The van der Waals surface area contributed by atoms with Gasteiger partial charge in [-0.05, 0) is 37.1 Å². The maximum Gasteiger partial charge on any atom is 0.416 e. The second kappa shape index (κ2) is 10.6. The van der Waals surface area contributed by atoms with E-state index in [9.17, 15) is 13.2 Å². The number of halogens is 3. The molecule has 2 aromatic rings. The zero-order chi connectivity index (χ0) is 21.3. The molecule has 0 spiro atoms. The van der Waals surface area contributed by atoms with Crippen LogP contribution < -0.4 is 10.6 Å². The summed E-state index contributed by atoms with van der Waals surface area (Å²) in [4.78, 5) is 4.10. The van der Waals surface area contributed by atoms with Crippen LogP contribution in [0.3, 0.4) is 0 Å². The van der Waals surface area contributed by atoms with Crippen LogP contribution in [-0.2, 0) is 12.7 Å². The Bertz CT molecular complexity index is 857. The Morgan fingerprint density at radius 2 is 1.86 bits per heavy atom. The maximum atomic E-state index is 12.5. The van der Waals surface area contributed by atoms with Crippen LogP contribution in [0, 0.1) is 11.8 Å². The molecule has 0 aliphatic carbocycles. The first-order valence-electron chi connectivity index (χ1n) is 9.43. The van der Waals surface area contributed by atoms with E-state index in [2.05, 4.69) is 46.5 Å². The van der Waals surface area contributed by atoms with E-state index in [0.29, 0.717) is 29.7 Å². The molecule has 0 saturated carbocycles. The molecule has 0 aliphatic heterocycles. The summed E-state index contributed by atoms with van der Waals surface area (Å²) in [6.45, 7) is 4.96. The lowest BCUT2D eigenvalue weighted by atomic mass is 9.99. The van der Waals surface area contributed by atoms with Gasteiger partial charge < -0.3 is 15.2 Å². The number of nitrogens with one attached hydrogen (secondary N) is 2. The number of hydrogen-bond donors (Lipinski definition) is 2. The van der Waals surface area contributed by atoms with Crippen molar-refractivity contribution in [3.05, 3.63) is 52.9 Å². The van der Waals surface area contributed by atoms with Gasteiger partial charge in [-0.2, -0.15) is 13.2 Å². The van der Waals surface area contributed by atoms with Crippen molar-refractivity contribution in [2.75, 3.05) is 13.6 Å². The molecule has 2 N–H and O–H groups in total. The molecular weight excluding hydrogens is 381 g/mol.